The second kappa shape index (κ2) is 5.09. The fraction of sp³-hybridized carbons (Fsp3) is 0.538. The molecule has 0 radical (unpaired) electrons. The van der Waals surface area contributed by atoms with Gasteiger partial charge < -0.3 is 5.73 Å². The first kappa shape index (κ1) is 14.3. The second-order valence-electron chi connectivity index (χ2n) is 5.29. The molecule has 1 aliphatic rings. The van der Waals surface area contributed by atoms with Crippen molar-refractivity contribution in [2.45, 2.75) is 37.5 Å². The van der Waals surface area contributed by atoms with Gasteiger partial charge >= 0.3 is 0 Å². The molecule has 0 aliphatic heterocycles. The fourth-order valence-electron chi connectivity index (χ4n) is 2.29. The van der Waals surface area contributed by atoms with Gasteiger partial charge in [0.2, 0.25) is 10.0 Å². The van der Waals surface area contributed by atoms with Crippen LogP contribution in [0.25, 0.3) is 0 Å². The van der Waals surface area contributed by atoms with E-state index in [1.165, 1.54) is 6.07 Å². The molecule has 0 bridgehead atoms. The van der Waals surface area contributed by atoms with Gasteiger partial charge in [0, 0.05) is 12.2 Å². The van der Waals surface area contributed by atoms with Gasteiger partial charge in [-0.2, -0.15) is 0 Å². The summed E-state index contributed by atoms with van der Waals surface area (Å²) in [5.74, 6) is -0.643. The number of halogens is 1. The molecular formula is C13H19FN2O2S. The van der Waals surface area contributed by atoms with Crippen molar-refractivity contribution < 1.29 is 12.8 Å². The summed E-state index contributed by atoms with van der Waals surface area (Å²) in [6.45, 7) is 2.50. The van der Waals surface area contributed by atoms with Gasteiger partial charge in [0.05, 0.1) is 4.90 Å². The lowest BCUT2D eigenvalue weighted by Crippen LogP contribution is -2.30. The molecule has 19 heavy (non-hydrogen) atoms. The van der Waals surface area contributed by atoms with Crippen LogP contribution in [0, 0.1) is 11.2 Å². The smallest absolute Gasteiger partial charge is 0.240 e. The third-order valence-electron chi connectivity index (χ3n) is 3.58. The average Bonchev–Trinajstić information content (AvgIpc) is 3.06. The molecule has 1 aromatic carbocycles. The number of rotatable bonds is 6. The Kier molecular flexibility index (Phi) is 3.82. The average molecular weight is 286 g/mol. The van der Waals surface area contributed by atoms with Crippen molar-refractivity contribution in [2.24, 2.45) is 5.41 Å². The minimum Gasteiger partial charge on any atom is -0.399 e. The van der Waals surface area contributed by atoms with Crippen LogP contribution >= 0.6 is 0 Å². The molecule has 0 atom stereocenters. The SMILES string of the molecule is CCCC1(CNS(=O)(=O)c2cc(N)cc(F)c2)CC1. The van der Waals surface area contributed by atoms with E-state index >= 15 is 0 Å². The molecule has 0 heterocycles. The quantitative estimate of drug-likeness (QED) is 0.788. The highest BCUT2D eigenvalue weighted by Gasteiger charge is 2.42. The molecule has 1 aromatic rings. The van der Waals surface area contributed by atoms with E-state index in [1.807, 2.05) is 0 Å². The zero-order valence-corrected chi connectivity index (χ0v) is 11.8. The molecule has 0 saturated heterocycles. The highest BCUT2D eigenvalue weighted by molar-refractivity contribution is 7.89. The molecule has 106 valence electrons. The van der Waals surface area contributed by atoms with Crippen LogP contribution in [0.2, 0.25) is 0 Å². The third-order valence-corrected chi connectivity index (χ3v) is 4.96. The van der Waals surface area contributed by atoms with Gasteiger partial charge in [-0.3, -0.25) is 0 Å². The van der Waals surface area contributed by atoms with Crippen LogP contribution in [0.4, 0.5) is 10.1 Å². The summed E-state index contributed by atoms with van der Waals surface area (Å²) in [7, 11) is -3.69. The Morgan fingerprint density at radius 1 is 1.37 bits per heavy atom. The summed E-state index contributed by atoms with van der Waals surface area (Å²) in [4.78, 5) is -0.114. The number of nitrogens with two attached hydrogens (primary N) is 1. The molecule has 4 nitrogen and oxygen atoms in total. The molecule has 1 aliphatic carbocycles. The summed E-state index contributed by atoms with van der Waals surface area (Å²) < 4.78 is 39.9. The number of hydrogen-bond donors (Lipinski definition) is 2. The highest BCUT2D eigenvalue weighted by atomic mass is 32.2. The first-order chi connectivity index (χ1) is 8.87. The maximum atomic E-state index is 13.2. The van der Waals surface area contributed by atoms with Crippen molar-refractivity contribution in [2.75, 3.05) is 12.3 Å². The summed E-state index contributed by atoms with van der Waals surface area (Å²) in [5, 5.41) is 0. The van der Waals surface area contributed by atoms with Crippen LogP contribution in [-0.2, 0) is 10.0 Å². The lowest BCUT2D eigenvalue weighted by Gasteiger charge is -2.15. The molecular weight excluding hydrogens is 267 g/mol. The van der Waals surface area contributed by atoms with Crippen LogP contribution in [0.1, 0.15) is 32.6 Å². The van der Waals surface area contributed by atoms with E-state index in [0.717, 1.165) is 37.8 Å². The highest BCUT2D eigenvalue weighted by Crippen LogP contribution is 2.49. The van der Waals surface area contributed by atoms with E-state index in [-0.39, 0.29) is 16.0 Å². The Morgan fingerprint density at radius 2 is 2.05 bits per heavy atom. The number of hydrogen-bond acceptors (Lipinski definition) is 3. The zero-order valence-electron chi connectivity index (χ0n) is 10.9. The van der Waals surface area contributed by atoms with Crippen molar-refractivity contribution in [1.29, 1.82) is 0 Å². The lowest BCUT2D eigenvalue weighted by atomic mass is 10.0. The van der Waals surface area contributed by atoms with E-state index in [2.05, 4.69) is 11.6 Å². The van der Waals surface area contributed by atoms with Gasteiger partial charge in [0.1, 0.15) is 5.82 Å². The van der Waals surface area contributed by atoms with E-state index in [1.54, 1.807) is 0 Å². The van der Waals surface area contributed by atoms with E-state index in [4.69, 9.17) is 5.73 Å². The third kappa shape index (κ3) is 3.45. The first-order valence-electron chi connectivity index (χ1n) is 6.43. The predicted octanol–water partition coefficient (Wildman–Crippen LogP) is 2.27. The van der Waals surface area contributed by atoms with Gasteiger partial charge in [0.25, 0.3) is 0 Å². The molecule has 6 heteroatoms. The Hall–Kier alpha value is -1.14. The molecule has 2 rings (SSSR count). The first-order valence-corrected chi connectivity index (χ1v) is 7.91. The number of nitrogens with one attached hydrogen (secondary N) is 1. The second-order valence-corrected chi connectivity index (χ2v) is 7.06. The number of benzene rings is 1. The van der Waals surface area contributed by atoms with Crippen molar-refractivity contribution in [3.63, 3.8) is 0 Å². The Morgan fingerprint density at radius 3 is 2.58 bits per heavy atom. The van der Waals surface area contributed by atoms with E-state index in [0.29, 0.717) is 6.54 Å². The molecule has 3 N–H and O–H groups in total. The standard InChI is InChI=1S/C13H19FN2O2S/c1-2-3-13(4-5-13)9-16-19(17,18)12-7-10(14)6-11(15)8-12/h6-8,16H,2-5,9,15H2,1H3. The Balaban J connectivity index is 2.10. The maximum Gasteiger partial charge on any atom is 0.240 e. The summed E-state index contributed by atoms with van der Waals surface area (Å²) in [6.07, 6.45) is 4.15. The summed E-state index contributed by atoms with van der Waals surface area (Å²) in [5.41, 5.74) is 5.68. The number of anilines is 1. The predicted molar refractivity (Wildman–Crippen MR) is 72.6 cm³/mol. The van der Waals surface area contributed by atoms with Gasteiger partial charge in [-0.1, -0.05) is 13.3 Å². The Bertz CT molecular complexity index is 548. The van der Waals surface area contributed by atoms with Gasteiger partial charge in [-0.05, 0) is 42.9 Å². The zero-order chi connectivity index (χ0) is 14.1. The number of sulfonamides is 1. The van der Waals surface area contributed by atoms with Crippen LogP contribution in [0.15, 0.2) is 23.1 Å². The van der Waals surface area contributed by atoms with Gasteiger partial charge in [-0.15, -0.1) is 0 Å². The van der Waals surface area contributed by atoms with E-state index < -0.39 is 15.8 Å². The topological polar surface area (TPSA) is 72.2 Å². The lowest BCUT2D eigenvalue weighted by molar-refractivity contribution is 0.449. The van der Waals surface area contributed by atoms with Gasteiger partial charge in [0.15, 0.2) is 0 Å². The van der Waals surface area contributed by atoms with Crippen molar-refractivity contribution in [3.8, 4) is 0 Å². The van der Waals surface area contributed by atoms with Crippen molar-refractivity contribution in [3.05, 3.63) is 24.0 Å². The van der Waals surface area contributed by atoms with E-state index in [9.17, 15) is 12.8 Å². The van der Waals surface area contributed by atoms with Gasteiger partial charge in [-0.25, -0.2) is 17.5 Å². The largest absolute Gasteiger partial charge is 0.399 e. The van der Waals surface area contributed by atoms with Crippen LogP contribution in [0.5, 0.6) is 0 Å². The van der Waals surface area contributed by atoms with Crippen LogP contribution in [-0.4, -0.2) is 15.0 Å². The minimum atomic E-state index is -3.69. The van der Waals surface area contributed by atoms with Crippen LogP contribution in [0.3, 0.4) is 0 Å². The molecule has 0 spiro atoms. The summed E-state index contributed by atoms with van der Waals surface area (Å²) in [6, 6.07) is 3.35. The molecule has 1 saturated carbocycles. The van der Waals surface area contributed by atoms with Crippen LogP contribution < -0.4 is 10.5 Å². The molecule has 1 fully saturated rings. The van der Waals surface area contributed by atoms with Crippen molar-refractivity contribution >= 4 is 15.7 Å². The number of nitrogen functional groups attached to an aromatic ring is 1. The molecule has 0 aromatic heterocycles. The minimum absolute atomic E-state index is 0.107. The monoisotopic (exact) mass is 286 g/mol. The molecule has 0 amide bonds. The molecule has 0 unspecified atom stereocenters. The normalized spacial score (nSPS) is 17.4. The fourth-order valence-corrected chi connectivity index (χ4v) is 3.52. The summed E-state index contributed by atoms with van der Waals surface area (Å²) >= 11 is 0. The Labute approximate surface area is 113 Å². The maximum absolute atomic E-state index is 13.2. The van der Waals surface area contributed by atoms with Crippen molar-refractivity contribution in [1.82, 2.24) is 4.72 Å².